The predicted octanol–water partition coefficient (Wildman–Crippen LogP) is 5.01. The molecule has 19 heavy (non-hydrogen) atoms. The van der Waals surface area contributed by atoms with Crippen molar-refractivity contribution in [2.24, 2.45) is 0 Å². The molecular weight excluding hydrogens is 234 g/mol. The zero-order valence-electron chi connectivity index (χ0n) is 11.8. The second-order valence-corrected chi connectivity index (χ2v) is 5.65. The van der Waals surface area contributed by atoms with Crippen LogP contribution in [0.1, 0.15) is 55.2 Å². The van der Waals surface area contributed by atoms with Crippen LogP contribution in [0.3, 0.4) is 0 Å². The van der Waals surface area contributed by atoms with Gasteiger partial charge in [0.2, 0.25) is 0 Å². The van der Waals surface area contributed by atoms with Crippen molar-refractivity contribution in [3.8, 4) is 11.3 Å². The van der Waals surface area contributed by atoms with Crippen molar-refractivity contribution < 1.29 is 4.42 Å². The lowest BCUT2D eigenvalue weighted by Gasteiger charge is -2.20. The van der Waals surface area contributed by atoms with E-state index in [0.717, 1.165) is 11.7 Å². The molecule has 100 valence electrons. The Balaban J connectivity index is 2.01. The molecule has 1 aliphatic carbocycles. The van der Waals surface area contributed by atoms with E-state index in [2.05, 4.69) is 36.2 Å². The van der Waals surface area contributed by atoms with Crippen molar-refractivity contribution in [1.82, 2.24) is 4.98 Å². The van der Waals surface area contributed by atoms with E-state index in [1.54, 1.807) is 0 Å². The third-order valence-corrected chi connectivity index (χ3v) is 4.03. The Morgan fingerprint density at radius 3 is 2.63 bits per heavy atom. The lowest BCUT2D eigenvalue weighted by Crippen LogP contribution is -2.06. The van der Waals surface area contributed by atoms with Gasteiger partial charge in [-0.2, -0.15) is 0 Å². The quantitative estimate of drug-likeness (QED) is 0.754. The van der Waals surface area contributed by atoms with Crippen LogP contribution < -0.4 is 0 Å². The molecule has 0 amide bonds. The van der Waals surface area contributed by atoms with Crippen LogP contribution >= 0.6 is 0 Å². The second kappa shape index (κ2) is 5.20. The Morgan fingerprint density at radius 1 is 1.11 bits per heavy atom. The second-order valence-electron chi connectivity index (χ2n) is 5.65. The lowest BCUT2D eigenvalue weighted by molar-refractivity contribution is 0.437. The Bertz CT molecular complexity index is 564. The van der Waals surface area contributed by atoms with Crippen molar-refractivity contribution >= 4 is 0 Å². The fourth-order valence-corrected chi connectivity index (χ4v) is 3.09. The van der Waals surface area contributed by atoms with Gasteiger partial charge in [-0.3, -0.25) is 0 Å². The van der Waals surface area contributed by atoms with Crippen LogP contribution in [-0.4, -0.2) is 4.98 Å². The zero-order valence-corrected chi connectivity index (χ0v) is 11.8. The van der Waals surface area contributed by atoms with Gasteiger partial charge >= 0.3 is 0 Å². The first-order chi connectivity index (χ1) is 9.24. The topological polar surface area (TPSA) is 26.0 Å². The normalized spacial score (nSPS) is 16.7. The van der Waals surface area contributed by atoms with E-state index in [-0.39, 0.29) is 0 Å². The van der Waals surface area contributed by atoms with Crippen LogP contribution in [-0.2, 0) is 0 Å². The molecule has 0 N–H and O–H groups in total. The minimum absolute atomic E-state index is 0.585. The van der Waals surface area contributed by atoms with Crippen molar-refractivity contribution in [1.29, 1.82) is 0 Å². The number of hydrogen-bond acceptors (Lipinski definition) is 2. The molecule has 0 unspecified atom stereocenters. The number of aryl methyl sites for hydroxylation is 2. The highest BCUT2D eigenvalue weighted by Gasteiger charge is 2.24. The van der Waals surface area contributed by atoms with Crippen molar-refractivity contribution in [3.05, 3.63) is 41.4 Å². The van der Waals surface area contributed by atoms with E-state index in [9.17, 15) is 0 Å². The Morgan fingerprint density at radius 2 is 1.89 bits per heavy atom. The standard InChI is InChI=1S/C17H21NO/c1-12-7-6-10-15(11-12)17-16(18-13(2)19-17)14-8-4-3-5-9-14/h6-7,10-11,14H,3-5,8-9H2,1-2H3. The van der Waals surface area contributed by atoms with E-state index in [0.29, 0.717) is 5.92 Å². The molecule has 3 rings (SSSR count). The fourth-order valence-electron chi connectivity index (χ4n) is 3.09. The molecule has 1 saturated carbocycles. The summed E-state index contributed by atoms with van der Waals surface area (Å²) in [4.78, 5) is 4.67. The van der Waals surface area contributed by atoms with Gasteiger partial charge in [0.25, 0.3) is 0 Å². The Kier molecular flexibility index (Phi) is 3.41. The summed E-state index contributed by atoms with van der Waals surface area (Å²) in [7, 11) is 0. The predicted molar refractivity (Wildman–Crippen MR) is 77.2 cm³/mol. The van der Waals surface area contributed by atoms with Gasteiger partial charge in [-0.25, -0.2) is 4.98 Å². The first kappa shape index (κ1) is 12.5. The molecule has 1 aromatic carbocycles. The molecule has 2 nitrogen and oxygen atoms in total. The number of nitrogens with zero attached hydrogens (tertiary/aromatic N) is 1. The summed E-state index contributed by atoms with van der Waals surface area (Å²) in [6.07, 6.45) is 6.52. The highest BCUT2D eigenvalue weighted by Crippen LogP contribution is 2.38. The number of aromatic nitrogens is 1. The third kappa shape index (κ3) is 2.58. The van der Waals surface area contributed by atoms with E-state index in [1.807, 2.05) is 6.92 Å². The largest absolute Gasteiger partial charge is 0.441 e. The number of benzene rings is 1. The molecule has 1 aromatic heterocycles. The summed E-state index contributed by atoms with van der Waals surface area (Å²) in [5, 5.41) is 0. The molecule has 1 heterocycles. The van der Waals surface area contributed by atoms with Gasteiger partial charge in [0.1, 0.15) is 0 Å². The van der Waals surface area contributed by atoms with Crippen LogP contribution in [0.25, 0.3) is 11.3 Å². The fraction of sp³-hybridized carbons (Fsp3) is 0.471. The summed E-state index contributed by atoms with van der Waals surface area (Å²) in [5.74, 6) is 2.37. The van der Waals surface area contributed by atoms with Crippen LogP contribution in [0.15, 0.2) is 28.7 Å². The van der Waals surface area contributed by atoms with Gasteiger partial charge < -0.3 is 4.42 Å². The van der Waals surface area contributed by atoms with Crippen molar-refractivity contribution in [3.63, 3.8) is 0 Å². The molecule has 1 fully saturated rings. The van der Waals surface area contributed by atoms with E-state index in [1.165, 1.54) is 48.9 Å². The molecule has 0 bridgehead atoms. The molecule has 2 aromatic rings. The first-order valence-corrected chi connectivity index (χ1v) is 7.28. The smallest absolute Gasteiger partial charge is 0.192 e. The number of oxazole rings is 1. The highest BCUT2D eigenvalue weighted by atomic mass is 16.4. The van der Waals surface area contributed by atoms with Gasteiger partial charge in [-0.15, -0.1) is 0 Å². The summed E-state index contributed by atoms with van der Waals surface area (Å²) >= 11 is 0. The summed E-state index contributed by atoms with van der Waals surface area (Å²) in [6, 6.07) is 8.52. The van der Waals surface area contributed by atoms with Gasteiger partial charge in [-0.05, 0) is 25.8 Å². The zero-order chi connectivity index (χ0) is 13.2. The van der Waals surface area contributed by atoms with Crippen LogP contribution in [0.4, 0.5) is 0 Å². The molecule has 0 saturated heterocycles. The van der Waals surface area contributed by atoms with Crippen LogP contribution in [0.2, 0.25) is 0 Å². The highest BCUT2D eigenvalue weighted by molar-refractivity contribution is 5.61. The maximum Gasteiger partial charge on any atom is 0.192 e. The third-order valence-electron chi connectivity index (χ3n) is 4.03. The van der Waals surface area contributed by atoms with E-state index >= 15 is 0 Å². The van der Waals surface area contributed by atoms with E-state index in [4.69, 9.17) is 4.42 Å². The Labute approximate surface area is 114 Å². The molecule has 0 aliphatic heterocycles. The van der Waals surface area contributed by atoms with Crippen molar-refractivity contribution in [2.75, 3.05) is 0 Å². The first-order valence-electron chi connectivity index (χ1n) is 7.28. The minimum atomic E-state index is 0.585. The van der Waals surface area contributed by atoms with Gasteiger partial charge in [0, 0.05) is 18.4 Å². The SMILES string of the molecule is Cc1cccc(-c2oc(C)nc2C2CCCCC2)c1. The summed E-state index contributed by atoms with van der Waals surface area (Å²) < 4.78 is 5.90. The summed E-state index contributed by atoms with van der Waals surface area (Å²) in [6.45, 7) is 4.07. The average molecular weight is 255 g/mol. The summed E-state index contributed by atoms with van der Waals surface area (Å²) in [5.41, 5.74) is 3.62. The monoisotopic (exact) mass is 255 g/mol. The van der Waals surface area contributed by atoms with Crippen LogP contribution in [0, 0.1) is 13.8 Å². The van der Waals surface area contributed by atoms with E-state index < -0.39 is 0 Å². The molecule has 0 spiro atoms. The van der Waals surface area contributed by atoms with Gasteiger partial charge in [-0.1, -0.05) is 43.0 Å². The maximum atomic E-state index is 5.90. The maximum absolute atomic E-state index is 5.90. The lowest BCUT2D eigenvalue weighted by atomic mass is 9.85. The van der Waals surface area contributed by atoms with Gasteiger partial charge in [0.05, 0.1) is 5.69 Å². The van der Waals surface area contributed by atoms with Crippen LogP contribution in [0.5, 0.6) is 0 Å². The molecule has 1 aliphatic rings. The Hall–Kier alpha value is -1.57. The molecule has 0 atom stereocenters. The van der Waals surface area contributed by atoms with Gasteiger partial charge in [0.15, 0.2) is 11.7 Å². The molecule has 2 heteroatoms. The number of rotatable bonds is 2. The molecule has 0 radical (unpaired) electrons. The average Bonchev–Trinajstić information content (AvgIpc) is 2.82. The molecular formula is C17H21NO. The number of hydrogen-bond donors (Lipinski definition) is 0. The van der Waals surface area contributed by atoms with Crippen molar-refractivity contribution in [2.45, 2.75) is 51.9 Å². The minimum Gasteiger partial charge on any atom is -0.441 e.